The molecule has 94 valence electrons. The molecule has 0 aliphatic carbocycles. The Morgan fingerprint density at radius 2 is 2.00 bits per heavy atom. The first-order valence-corrected chi connectivity index (χ1v) is 6.06. The predicted octanol–water partition coefficient (Wildman–Crippen LogP) is 3.03. The highest BCUT2D eigenvalue weighted by Crippen LogP contribution is 2.30. The van der Waals surface area contributed by atoms with Crippen LogP contribution in [0.1, 0.15) is 5.56 Å². The lowest BCUT2D eigenvalue weighted by Gasteiger charge is -2.05. The number of pyridine rings is 1. The molecular formula is C15H14N4. The molecule has 3 aromatic rings. The fourth-order valence-electron chi connectivity index (χ4n) is 2.14. The molecule has 0 saturated carbocycles. The highest BCUT2D eigenvalue weighted by Gasteiger charge is 2.10. The Kier molecular flexibility index (Phi) is 2.76. The molecule has 0 saturated heterocycles. The summed E-state index contributed by atoms with van der Waals surface area (Å²) in [5, 5.41) is 7.20. The van der Waals surface area contributed by atoms with Crippen LogP contribution < -0.4 is 5.73 Å². The molecule has 0 spiro atoms. The van der Waals surface area contributed by atoms with E-state index in [4.69, 9.17) is 5.73 Å². The van der Waals surface area contributed by atoms with Crippen molar-refractivity contribution >= 4 is 5.82 Å². The van der Waals surface area contributed by atoms with Gasteiger partial charge in [0, 0.05) is 17.3 Å². The largest absolute Gasteiger partial charge is 0.384 e. The molecular weight excluding hydrogens is 236 g/mol. The van der Waals surface area contributed by atoms with E-state index in [2.05, 4.69) is 40.3 Å². The number of nitrogen functional groups attached to an aromatic ring is 1. The van der Waals surface area contributed by atoms with Gasteiger partial charge in [-0.15, -0.1) is 0 Å². The van der Waals surface area contributed by atoms with Gasteiger partial charge in [-0.3, -0.25) is 5.10 Å². The Labute approximate surface area is 111 Å². The minimum Gasteiger partial charge on any atom is -0.384 e. The minimum atomic E-state index is 0.508. The lowest BCUT2D eigenvalue weighted by molar-refractivity contribution is 1.09. The average molecular weight is 250 g/mol. The fraction of sp³-hybridized carbons (Fsp3) is 0.0667. The van der Waals surface area contributed by atoms with Crippen LogP contribution in [0.15, 0.2) is 48.8 Å². The maximum Gasteiger partial charge on any atom is 0.123 e. The van der Waals surface area contributed by atoms with E-state index in [0.29, 0.717) is 5.82 Å². The van der Waals surface area contributed by atoms with Crippen LogP contribution in [0, 0.1) is 6.92 Å². The van der Waals surface area contributed by atoms with Crippen molar-refractivity contribution in [3.63, 3.8) is 0 Å². The molecule has 1 aromatic carbocycles. The molecule has 0 atom stereocenters. The van der Waals surface area contributed by atoms with E-state index in [0.717, 1.165) is 22.4 Å². The van der Waals surface area contributed by atoms with Gasteiger partial charge in [-0.25, -0.2) is 4.98 Å². The highest BCUT2D eigenvalue weighted by atomic mass is 15.1. The van der Waals surface area contributed by atoms with Crippen LogP contribution in [-0.2, 0) is 0 Å². The zero-order valence-corrected chi connectivity index (χ0v) is 10.6. The molecule has 2 aromatic heterocycles. The zero-order valence-electron chi connectivity index (χ0n) is 10.6. The van der Waals surface area contributed by atoms with Crippen LogP contribution in [-0.4, -0.2) is 15.2 Å². The summed E-state index contributed by atoms with van der Waals surface area (Å²) >= 11 is 0. The van der Waals surface area contributed by atoms with Crippen LogP contribution in [0.5, 0.6) is 0 Å². The monoisotopic (exact) mass is 250 g/mol. The molecule has 0 aliphatic heterocycles. The van der Waals surface area contributed by atoms with Gasteiger partial charge >= 0.3 is 0 Å². The summed E-state index contributed by atoms with van der Waals surface area (Å²) in [4.78, 5) is 4.01. The highest BCUT2D eigenvalue weighted by molar-refractivity contribution is 5.81. The van der Waals surface area contributed by atoms with E-state index in [9.17, 15) is 0 Å². The molecule has 19 heavy (non-hydrogen) atoms. The normalized spacial score (nSPS) is 10.6. The van der Waals surface area contributed by atoms with Crippen LogP contribution in [0.2, 0.25) is 0 Å². The van der Waals surface area contributed by atoms with E-state index in [-0.39, 0.29) is 0 Å². The molecule has 0 amide bonds. The first-order valence-electron chi connectivity index (χ1n) is 6.06. The summed E-state index contributed by atoms with van der Waals surface area (Å²) < 4.78 is 0. The molecule has 2 heterocycles. The Hall–Kier alpha value is -2.62. The van der Waals surface area contributed by atoms with E-state index in [1.165, 1.54) is 5.56 Å². The molecule has 0 aliphatic rings. The molecule has 0 unspecified atom stereocenters. The number of benzene rings is 1. The molecule has 3 rings (SSSR count). The summed E-state index contributed by atoms with van der Waals surface area (Å²) in [6.07, 6.45) is 3.52. The Bertz CT molecular complexity index is 655. The van der Waals surface area contributed by atoms with Gasteiger partial charge in [-0.1, -0.05) is 23.8 Å². The number of nitrogens with zero attached hydrogens (tertiary/aromatic N) is 2. The van der Waals surface area contributed by atoms with Crippen molar-refractivity contribution in [3.05, 3.63) is 54.4 Å². The van der Waals surface area contributed by atoms with E-state index in [1.54, 1.807) is 6.20 Å². The quantitative estimate of drug-likeness (QED) is 0.734. The van der Waals surface area contributed by atoms with Crippen molar-refractivity contribution in [2.24, 2.45) is 0 Å². The number of aryl methyl sites for hydroxylation is 1. The smallest absolute Gasteiger partial charge is 0.123 e. The number of anilines is 1. The summed E-state index contributed by atoms with van der Waals surface area (Å²) in [6.45, 7) is 2.07. The first-order chi connectivity index (χ1) is 9.24. The second-order valence-corrected chi connectivity index (χ2v) is 4.50. The number of nitrogens with two attached hydrogens (primary N) is 1. The lowest BCUT2D eigenvalue weighted by atomic mass is 10.0. The van der Waals surface area contributed by atoms with Gasteiger partial charge in [0.1, 0.15) is 5.82 Å². The van der Waals surface area contributed by atoms with Gasteiger partial charge in [0.2, 0.25) is 0 Å². The minimum absolute atomic E-state index is 0.508. The molecule has 0 radical (unpaired) electrons. The number of aromatic nitrogens is 3. The molecule has 3 N–H and O–H groups in total. The van der Waals surface area contributed by atoms with E-state index in [1.807, 2.05) is 24.4 Å². The summed E-state index contributed by atoms with van der Waals surface area (Å²) in [7, 11) is 0. The molecule has 0 fully saturated rings. The zero-order chi connectivity index (χ0) is 13.2. The summed E-state index contributed by atoms with van der Waals surface area (Å²) in [5.74, 6) is 0.508. The maximum absolute atomic E-state index is 5.74. The second kappa shape index (κ2) is 4.57. The van der Waals surface area contributed by atoms with Gasteiger partial charge in [0.25, 0.3) is 0 Å². The van der Waals surface area contributed by atoms with Crippen molar-refractivity contribution in [1.29, 1.82) is 0 Å². The maximum atomic E-state index is 5.74. The van der Waals surface area contributed by atoms with Crippen LogP contribution in [0.4, 0.5) is 5.82 Å². The summed E-state index contributed by atoms with van der Waals surface area (Å²) in [6, 6.07) is 12.1. The van der Waals surface area contributed by atoms with Crippen molar-refractivity contribution in [3.8, 4) is 22.4 Å². The number of nitrogens with one attached hydrogen (secondary N) is 1. The third-order valence-corrected chi connectivity index (χ3v) is 3.04. The van der Waals surface area contributed by atoms with Crippen LogP contribution in [0.3, 0.4) is 0 Å². The molecule has 0 bridgehead atoms. The van der Waals surface area contributed by atoms with Crippen molar-refractivity contribution in [2.45, 2.75) is 6.92 Å². The van der Waals surface area contributed by atoms with E-state index < -0.39 is 0 Å². The van der Waals surface area contributed by atoms with Crippen molar-refractivity contribution in [2.75, 3.05) is 5.73 Å². The van der Waals surface area contributed by atoms with Crippen LogP contribution in [0.25, 0.3) is 22.4 Å². The van der Waals surface area contributed by atoms with Gasteiger partial charge in [0.15, 0.2) is 0 Å². The lowest BCUT2D eigenvalue weighted by Crippen LogP contribution is -1.90. The number of aromatic amines is 1. The standard InChI is InChI=1S/C15H14N4/c1-10-3-2-4-12(7-10)15-13(9-18-19-15)11-5-6-17-14(16)8-11/h2-9H,1H3,(H2,16,17)(H,18,19). The third-order valence-electron chi connectivity index (χ3n) is 3.04. The Morgan fingerprint density at radius 3 is 2.79 bits per heavy atom. The van der Waals surface area contributed by atoms with Crippen LogP contribution >= 0.6 is 0 Å². The van der Waals surface area contributed by atoms with Gasteiger partial charge < -0.3 is 5.73 Å². The molecule has 4 heteroatoms. The van der Waals surface area contributed by atoms with Crippen molar-refractivity contribution in [1.82, 2.24) is 15.2 Å². The number of hydrogen-bond acceptors (Lipinski definition) is 3. The van der Waals surface area contributed by atoms with Crippen molar-refractivity contribution < 1.29 is 0 Å². The number of rotatable bonds is 2. The van der Waals surface area contributed by atoms with Gasteiger partial charge in [-0.05, 0) is 30.7 Å². The van der Waals surface area contributed by atoms with E-state index >= 15 is 0 Å². The SMILES string of the molecule is Cc1cccc(-c2[nH]ncc2-c2ccnc(N)c2)c1. The number of H-pyrrole nitrogens is 1. The van der Waals surface area contributed by atoms with Gasteiger partial charge in [0.05, 0.1) is 11.9 Å². The third kappa shape index (κ3) is 2.20. The topological polar surface area (TPSA) is 67.6 Å². The Balaban J connectivity index is 2.13. The summed E-state index contributed by atoms with van der Waals surface area (Å²) in [5.41, 5.74) is 11.1. The fourth-order valence-corrected chi connectivity index (χ4v) is 2.14. The van der Waals surface area contributed by atoms with Gasteiger partial charge in [-0.2, -0.15) is 5.10 Å². The number of hydrogen-bond donors (Lipinski definition) is 2. The second-order valence-electron chi connectivity index (χ2n) is 4.50. The average Bonchev–Trinajstić information content (AvgIpc) is 2.88. The first kappa shape index (κ1) is 11.5. The Morgan fingerprint density at radius 1 is 1.11 bits per heavy atom. The predicted molar refractivity (Wildman–Crippen MR) is 76.4 cm³/mol. The molecule has 4 nitrogen and oxygen atoms in total.